The van der Waals surface area contributed by atoms with Crippen LogP contribution in [0, 0.1) is 0 Å². The predicted molar refractivity (Wildman–Crippen MR) is 64.2 cm³/mol. The summed E-state index contributed by atoms with van der Waals surface area (Å²) in [7, 11) is 2.23. The summed E-state index contributed by atoms with van der Waals surface area (Å²) in [5.41, 5.74) is 0. The van der Waals surface area contributed by atoms with Crippen molar-refractivity contribution in [3.8, 4) is 0 Å². The number of hydrogen-bond donors (Lipinski definition) is 0. The summed E-state index contributed by atoms with van der Waals surface area (Å²) in [5, 5.41) is 0. The Kier molecular flexibility index (Phi) is 4.00. The maximum absolute atomic E-state index is 2.65. The second-order valence-electron chi connectivity index (χ2n) is 5.03. The molecule has 0 radical (unpaired) electrons. The Bertz CT molecular complexity index is 187. The van der Waals surface area contributed by atoms with Crippen LogP contribution in [0.5, 0.6) is 0 Å². The van der Waals surface area contributed by atoms with Crippen LogP contribution in [0.3, 0.4) is 0 Å². The molecule has 0 bridgehead atoms. The highest BCUT2D eigenvalue weighted by Gasteiger charge is 2.25. The fourth-order valence-electron chi connectivity index (χ4n) is 2.85. The molecule has 0 aromatic heterocycles. The van der Waals surface area contributed by atoms with Crippen molar-refractivity contribution in [2.24, 2.45) is 0 Å². The molecule has 0 N–H and O–H groups in total. The van der Waals surface area contributed by atoms with Gasteiger partial charge in [-0.05, 0) is 33.0 Å². The highest BCUT2D eigenvalue weighted by molar-refractivity contribution is 4.82. The van der Waals surface area contributed by atoms with Gasteiger partial charge in [0.1, 0.15) is 0 Å². The van der Waals surface area contributed by atoms with Crippen LogP contribution in [0.4, 0.5) is 0 Å². The Hall–Kier alpha value is -0.120. The van der Waals surface area contributed by atoms with Crippen molar-refractivity contribution in [2.45, 2.75) is 25.8 Å². The molecule has 2 heterocycles. The van der Waals surface area contributed by atoms with Gasteiger partial charge in [0.2, 0.25) is 0 Å². The van der Waals surface area contributed by atoms with E-state index in [1.807, 2.05) is 0 Å². The Morgan fingerprint density at radius 3 is 2.47 bits per heavy atom. The van der Waals surface area contributed by atoms with Crippen LogP contribution in [0.25, 0.3) is 0 Å². The molecule has 88 valence electrons. The number of hydrogen-bond acceptors (Lipinski definition) is 3. The lowest BCUT2D eigenvalue weighted by molar-refractivity contribution is 0.119. The number of rotatable bonds is 3. The number of likely N-dealkylation sites (tertiary alicyclic amines) is 1. The minimum atomic E-state index is 0.846. The van der Waals surface area contributed by atoms with Crippen LogP contribution >= 0.6 is 0 Å². The summed E-state index contributed by atoms with van der Waals surface area (Å²) in [6.07, 6.45) is 2.83. The molecule has 0 aromatic carbocycles. The first-order chi connectivity index (χ1) is 7.29. The molecule has 0 amide bonds. The number of nitrogens with zero attached hydrogens (tertiary/aromatic N) is 3. The summed E-state index contributed by atoms with van der Waals surface area (Å²) < 4.78 is 0. The van der Waals surface area contributed by atoms with Gasteiger partial charge in [0.05, 0.1) is 0 Å². The molecule has 0 aliphatic carbocycles. The van der Waals surface area contributed by atoms with Crippen molar-refractivity contribution in [1.29, 1.82) is 0 Å². The van der Waals surface area contributed by atoms with E-state index in [0.29, 0.717) is 0 Å². The van der Waals surface area contributed by atoms with Gasteiger partial charge in [-0.2, -0.15) is 0 Å². The van der Waals surface area contributed by atoms with Crippen LogP contribution in [-0.4, -0.2) is 73.6 Å². The quantitative estimate of drug-likeness (QED) is 0.681. The van der Waals surface area contributed by atoms with Gasteiger partial charge in [0.25, 0.3) is 0 Å². The number of piperazine rings is 1. The van der Waals surface area contributed by atoms with Crippen LogP contribution in [0.15, 0.2) is 0 Å². The van der Waals surface area contributed by atoms with Crippen LogP contribution in [0.1, 0.15) is 19.8 Å². The average Bonchev–Trinajstić information content (AvgIpc) is 2.69. The second-order valence-corrected chi connectivity index (χ2v) is 5.03. The highest BCUT2D eigenvalue weighted by atomic mass is 15.3. The fraction of sp³-hybridized carbons (Fsp3) is 1.00. The maximum Gasteiger partial charge on any atom is 0.0223 e. The minimum absolute atomic E-state index is 0.846. The molecule has 2 fully saturated rings. The topological polar surface area (TPSA) is 9.72 Å². The Morgan fingerprint density at radius 1 is 1.07 bits per heavy atom. The van der Waals surface area contributed by atoms with E-state index in [2.05, 4.69) is 28.7 Å². The van der Waals surface area contributed by atoms with E-state index in [1.165, 1.54) is 58.7 Å². The third-order valence-corrected chi connectivity index (χ3v) is 3.97. The van der Waals surface area contributed by atoms with E-state index in [0.717, 1.165) is 6.04 Å². The molecule has 15 heavy (non-hydrogen) atoms. The van der Waals surface area contributed by atoms with Crippen molar-refractivity contribution in [3.05, 3.63) is 0 Å². The van der Waals surface area contributed by atoms with E-state index in [-0.39, 0.29) is 0 Å². The van der Waals surface area contributed by atoms with Gasteiger partial charge in [-0.3, -0.25) is 9.80 Å². The largest absolute Gasteiger partial charge is 0.304 e. The smallest absolute Gasteiger partial charge is 0.0223 e. The van der Waals surface area contributed by atoms with Gasteiger partial charge >= 0.3 is 0 Å². The van der Waals surface area contributed by atoms with Crippen molar-refractivity contribution in [2.75, 3.05) is 52.9 Å². The molecule has 2 saturated heterocycles. The van der Waals surface area contributed by atoms with Gasteiger partial charge in [0, 0.05) is 38.8 Å². The Morgan fingerprint density at radius 2 is 1.80 bits per heavy atom. The molecular formula is C12H25N3. The van der Waals surface area contributed by atoms with Gasteiger partial charge in [0.15, 0.2) is 0 Å². The van der Waals surface area contributed by atoms with E-state index in [9.17, 15) is 0 Å². The number of likely N-dealkylation sites (N-methyl/N-ethyl adjacent to an activating group) is 2. The zero-order valence-electron chi connectivity index (χ0n) is 10.3. The Balaban J connectivity index is 1.76. The fourth-order valence-corrected chi connectivity index (χ4v) is 2.85. The molecule has 1 unspecified atom stereocenters. The summed E-state index contributed by atoms with van der Waals surface area (Å²) in [4.78, 5) is 7.74. The standard InChI is InChI=1S/C12H25N3/c1-3-15-6-4-5-12(15)11-14-9-7-13(2)8-10-14/h12H,3-11H2,1-2H3. The Labute approximate surface area is 94.0 Å². The lowest BCUT2D eigenvalue weighted by atomic mass is 10.2. The van der Waals surface area contributed by atoms with E-state index in [4.69, 9.17) is 0 Å². The highest BCUT2D eigenvalue weighted by Crippen LogP contribution is 2.18. The van der Waals surface area contributed by atoms with E-state index >= 15 is 0 Å². The molecule has 3 heteroatoms. The van der Waals surface area contributed by atoms with Crippen molar-refractivity contribution >= 4 is 0 Å². The third kappa shape index (κ3) is 2.92. The summed E-state index contributed by atoms with van der Waals surface area (Å²) in [6.45, 7) is 11.2. The first kappa shape index (κ1) is 11.4. The molecular weight excluding hydrogens is 186 g/mol. The van der Waals surface area contributed by atoms with E-state index in [1.54, 1.807) is 0 Å². The summed E-state index contributed by atoms with van der Waals surface area (Å²) in [5.74, 6) is 0. The van der Waals surface area contributed by atoms with Crippen molar-refractivity contribution in [1.82, 2.24) is 14.7 Å². The lowest BCUT2D eigenvalue weighted by Gasteiger charge is -2.35. The average molecular weight is 211 g/mol. The maximum atomic E-state index is 2.65. The van der Waals surface area contributed by atoms with Crippen LogP contribution in [0.2, 0.25) is 0 Å². The zero-order chi connectivity index (χ0) is 10.7. The molecule has 2 aliphatic rings. The normalized spacial score (nSPS) is 31.2. The van der Waals surface area contributed by atoms with E-state index < -0.39 is 0 Å². The van der Waals surface area contributed by atoms with Gasteiger partial charge in [-0.25, -0.2) is 0 Å². The lowest BCUT2D eigenvalue weighted by Crippen LogP contribution is -2.49. The zero-order valence-corrected chi connectivity index (χ0v) is 10.3. The van der Waals surface area contributed by atoms with Gasteiger partial charge in [-0.15, -0.1) is 0 Å². The molecule has 0 aromatic rings. The monoisotopic (exact) mass is 211 g/mol. The van der Waals surface area contributed by atoms with Crippen LogP contribution < -0.4 is 0 Å². The molecule has 0 spiro atoms. The summed E-state index contributed by atoms with van der Waals surface area (Å²) in [6, 6.07) is 0.846. The summed E-state index contributed by atoms with van der Waals surface area (Å²) >= 11 is 0. The second kappa shape index (κ2) is 5.28. The molecule has 3 nitrogen and oxygen atoms in total. The molecule has 2 aliphatic heterocycles. The van der Waals surface area contributed by atoms with Gasteiger partial charge in [-0.1, -0.05) is 6.92 Å². The third-order valence-electron chi connectivity index (χ3n) is 3.97. The minimum Gasteiger partial charge on any atom is -0.304 e. The molecule has 2 rings (SSSR count). The van der Waals surface area contributed by atoms with Crippen molar-refractivity contribution < 1.29 is 0 Å². The first-order valence-electron chi connectivity index (χ1n) is 6.44. The van der Waals surface area contributed by atoms with Crippen molar-refractivity contribution in [3.63, 3.8) is 0 Å². The molecule has 0 saturated carbocycles. The predicted octanol–water partition coefficient (Wildman–Crippen LogP) is 0.718. The molecule has 1 atom stereocenters. The SMILES string of the molecule is CCN1CCCC1CN1CCN(C)CC1. The van der Waals surface area contributed by atoms with Crippen LogP contribution in [-0.2, 0) is 0 Å². The van der Waals surface area contributed by atoms with Gasteiger partial charge < -0.3 is 4.90 Å². The first-order valence-corrected chi connectivity index (χ1v) is 6.44.